The minimum Gasteiger partial charge on any atom is -0.393 e. The minimum absolute atomic E-state index is 0.155. The summed E-state index contributed by atoms with van der Waals surface area (Å²) in [6.07, 6.45) is 7.06. The number of aliphatic hydroxyl groups is 1. The van der Waals surface area contributed by atoms with Crippen LogP contribution in [0, 0.1) is 17.8 Å². The van der Waals surface area contributed by atoms with Crippen LogP contribution < -0.4 is 5.73 Å². The number of nitrogens with two attached hydrogens (primary N) is 1. The van der Waals surface area contributed by atoms with Gasteiger partial charge in [0.15, 0.2) is 0 Å². The monoisotopic (exact) mass is 213 g/mol. The van der Waals surface area contributed by atoms with E-state index in [1.807, 2.05) is 0 Å². The Hall–Kier alpha value is -0.0800. The van der Waals surface area contributed by atoms with Crippen LogP contribution >= 0.6 is 0 Å². The zero-order chi connectivity index (χ0) is 11.3. The second-order valence-corrected chi connectivity index (χ2v) is 5.31. The summed E-state index contributed by atoms with van der Waals surface area (Å²) in [6.45, 7) is 5.11. The third-order valence-corrected chi connectivity index (χ3v) is 3.91. The van der Waals surface area contributed by atoms with Crippen molar-refractivity contribution in [2.45, 2.75) is 58.5 Å². The number of aliphatic hydroxyl groups excluding tert-OH is 1. The lowest BCUT2D eigenvalue weighted by Crippen LogP contribution is -2.36. The number of hydrogen-bond acceptors (Lipinski definition) is 2. The van der Waals surface area contributed by atoms with Gasteiger partial charge in [-0.15, -0.1) is 0 Å². The summed E-state index contributed by atoms with van der Waals surface area (Å²) >= 11 is 0. The Kier molecular flexibility index (Phi) is 5.62. The standard InChI is InChI=1S/C13H27NO/c1-3-5-12(9-14)13(15)11-7-4-6-10(2)8-11/h10-13,15H,3-9,14H2,1-2H3. The molecule has 0 amide bonds. The van der Waals surface area contributed by atoms with Crippen molar-refractivity contribution in [1.29, 1.82) is 0 Å². The van der Waals surface area contributed by atoms with Crippen molar-refractivity contribution in [2.24, 2.45) is 23.5 Å². The van der Waals surface area contributed by atoms with E-state index in [9.17, 15) is 5.11 Å². The lowest BCUT2D eigenvalue weighted by atomic mass is 9.75. The van der Waals surface area contributed by atoms with Gasteiger partial charge in [-0.2, -0.15) is 0 Å². The van der Waals surface area contributed by atoms with E-state index in [0.29, 0.717) is 18.4 Å². The molecule has 0 aliphatic heterocycles. The first-order valence-corrected chi connectivity index (χ1v) is 6.57. The van der Waals surface area contributed by atoms with Gasteiger partial charge in [-0.25, -0.2) is 0 Å². The maximum absolute atomic E-state index is 10.3. The highest BCUT2D eigenvalue weighted by Gasteiger charge is 2.29. The van der Waals surface area contributed by atoms with Gasteiger partial charge in [0.1, 0.15) is 0 Å². The average Bonchev–Trinajstić information content (AvgIpc) is 2.25. The van der Waals surface area contributed by atoms with Gasteiger partial charge in [0, 0.05) is 0 Å². The second kappa shape index (κ2) is 6.49. The third-order valence-electron chi connectivity index (χ3n) is 3.91. The van der Waals surface area contributed by atoms with Crippen molar-refractivity contribution in [2.75, 3.05) is 6.54 Å². The quantitative estimate of drug-likeness (QED) is 0.737. The predicted molar refractivity (Wildman–Crippen MR) is 64.6 cm³/mol. The van der Waals surface area contributed by atoms with E-state index in [-0.39, 0.29) is 6.10 Å². The molecule has 1 fully saturated rings. The first-order chi connectivity index (χ1) is 7.19. The van der Waals surface area contributed by atoms with Crippen LogP contribution in [0.4, 0.5) is 0 Å². The van der Waals surface area contributed by atoms with E-state index in [0.717, 1.165) is 18.8 Å². The predicted octanol–water partition coefficient (Wildman–Crippen LogP) is 2.55. The van der Waals surface area contributed by atoms with E-state index in [4.69, 9.17) is 5.73 Å². The van der Waals surface area contributed by atoms with Crippen molar-refractivity contribution < 1.29 is 5.11 Å². The molecule has 90 valence electrons. The number of rotatable bonds is 5. The van der Waals surface area contributed by atoms with Crippen LogP contribution in [0.15, 0.2) is 0 Å². The first-order valence-electron chi connectivity index (χ1n) is 6.57. The Morgan fingerprint density at radius 3 is 2.67 bits per heavy atom. The Morgan fingerprint density at radius 2 is 2.13 bits per heavy atom. The molecule has 0 radical (unpaired) electrons. The van der Waals surface area contributed by atoms with Crippen LogP contribution in [0.2, 0.25) is 0 Å². The van der Waals surface area contributed by atoms with Crippen molar-refractivity contribution >= 4 is 0 Å². The van der Waals surface area contributed by atoms with E-state index in [1.165, 1.54) is 25.7 Å². The van der Waals surface area contributed by atoms with Crippen LogP contribution in [0.3, 0.4) is 0 Å². The molecule has 0 aromatic heterocycles. The van der Waals surface area contributed by atoms with Crippen LogP contribution in [0.5, 0.6) is 0 Å². The van der Waals surface area contributed by atoms with Crippen LogP contribution in [-0.2, 0) is 0 Å². The van der Waals surface area contributed by atoms with Gasteiger partial charge in [-0.05, 0) is 43.6 Å². The summed E-state index contributed by atoms with van der Waals surface area (Å²) in [5, 5.41) is 10.3. The van der Waals surface area contributed by atoms with Crippen LogP contribution in [0.25, 0.3) is 0 Å². The summed E-state index contributed by atoms with van der Waals surface area (Å²) in [4.78, 5) is 0. The molecular formula is C13H27NO. The lowest BCUT2D eigenvalue weighted by Gasteiger charge is -2.34. The fraction of sp³-hybridized carbons (Fsp3) is 1.00. The molecular weight excluding hydrogens is 186 g/mol. The van der Waals surface area contributed by atoms with Crippen molar-refractivity contribution in [3.63, 3.8) is 0 Å². The van der Waals surface area contributed by atoms with Gasteiger partial charge in [-0.3, -0.25) is 0 Å². The molecule has 0 saturated heterocycles. The first kappa shape index (κ1) is 13.0. The van der Waals surface area contributed by atoms with Gasteiger partial charge in [0.05, 0.1) is 6.10 Å². The molecule has 2 nitrogen and oxygen atoms in total. The summed E-state index contributed by atoms with van der Waals surface area (Å²) < 4.78 is 0. The topological polar surface area (TPSA) is 46.2 Å². The molecule has 2 heteroatoms. The van der Waals surface area contributed by atoms with Crippen molar-refractivity contribution in [3.8, 4) is 0 Å². The number of hydrogen-bond donors (Lipinski definition) is 2. The van der Waals surface area contributed by atoms with Gasteiger partial charge in [0.25, 0.3) is 0 Å². The maximum atomic E-state index is 10.3. The zero-order valence-corrected chi connectivity index (χ0v) is 10.3. The Balaban J connectivity index is 2.45. The van der Waals surface area contributed by atoms with Crippen molar-refractivity contribution in [1.82, 2.24) is 0 Å². The van der Waals surface area contributed by atoms with E-state index in [1.54, 1.807) is 0 Å². The van der Waals surface area contributed by atoms with Gasteiger partial charge in [-0.1, -0.05) is 33.1 Å². The zero-order valence-electron chi connectivity index (χ0n) is 10.3. The molecule has 1 saturated carbocycles. The van der Waals surface area contributed by atoms with Gasteiger partial charge >= 0.3 is 0 Å². The fourth-order valence-corrected chi connectivity index (χ4v) is 2.97. The molecule has 4 unspecified atom stereocenters. The lowest BCUT2D eigenvalue weighted by molar-refractivity contribution is 0.0236. The molecule has 0 aromatic carbocycles. The molecule has 15 heavy (non-hydrogen) atoms. The Bertz CT molecular complexity index is 172. The summed E-state index contributed by atoms with van der Waals surface area (Å²) in [7, 11) is 0. The molecule has 0 aromatic rings. The highest BCUT2D eigenvalue weighted by molar-refractivity contribution is 4.81. The van der Waals surface area contributed by atoms with E-state index >= 15 is 0 Å². The smallest absolute Gasteiger partial charge is 0.0608 e. The molecule has 1 rings (SSSR count). The average molecular weight is 213 g/mol. The van der Waals surface area contributed by atoms with Crippen LogP contribution in [0.1, 0.15) is 52.4 Å². The fourth-order valence-electron chi connectivity index (χ4n) is 2.97. The maximum Gasteiger partial charge on any atom is 0.0608 e. The molecule has 0 spiro atoms. The SMILES string of the molecule is CCCC(CN)C(O)C1CCCC(C)C1. The summed E-state index contributed by atoms with van der Waals surface area (Å²) in [5.74, 6) is 1.62. The van der Waals surface area contributed by atoms with E-state index in [2.05, 4.69) is 13.8 Å². The second-order valence-electron chi connectivity index (χ2n) is 5.31. The Labute approximate surface area is 94.2 Å². The summed E-state index contributed by atoms with van der Waals surface area (Å²) in [5.41, 5.74) is 5.74. The molecule has 0 bridgehead atoms. The normalized spacial score (nSPS) is 31.2. The third kappa shape index (κ3) is 3.76. The minimum atomic E-state index is -0.155. The Morgan fingerprint density at radius 1 is 1.40 bits per heavy atom. The largest absolute Gasteiger partial charge is 0.393 e. The van der Waals surface area contributed by atoms with E-state index < -0.39 is 0 Å². The molecule has 3 N–H and O–H groups in total. The van der Waals surface area contributed by atoms with Crippen LogP contribution in [-0.4, -0.2) is 17.8 Å². The highest BCUT2D eigenvalue weighted by Crippen LogP contribution is 2.33. The molecule has 1 aliphatic carbocycles. The summed E-state index contributed by atoms with van der Waals surface area (Å²) in [6, 6.07) is 0. The van der Waals surface area contributed by atoms with Crippen molar-refractivity contribution in [3.05, 3.63) is 0 Å². The molecule has 0 heterocycles. The highest BCUT2D eigenvalue weighted by atomic mass is 16.3. The van der Waals surface area contributed by atoms with Gasteiger partial charge in [0.2, 0.25) is 0 Å². The van der Waals surface area contributed by atoms with Gasteiger partial charge < -0.3 is 10.8 Å². The molecule has 4 atom stereocenters. The molecule has 1 aliphatic rings.